The summed E-state index contributed by atoms with van der Waals surface area (Å²) >= 11 is 0. The number of aliphatic imine (C=N–C) groups is 1. The maximum absolute atomic E-state index is 5.83. The molecule has 0 bridgehead atoms. The molecular formula is C18H18N2O. The van der Waals surface area contributed by atoms with E-state index in [1.54, 1.807) is 12.2 Å². The molecule has 106 valence electrons. The van der Waals surface area contributed by atoms with E-state index in [1.807, 2.05) is 49.4 Å². The minimum Gasteiger partial charge on any atom is -0.489 e. The molecule has 0 unspecified atom stereocenters. The lowest BCUT2D eigenvalue weighted by molar-refractivity contribution is 0.305. The highest BCUT2D eigenvalue weighted by atomic mass is 16.5. The van der Waals surface area contributed by atoms with E-state index in [0.29, 0.717) is 12.3 Å². The molecule has 0 aliphatic rings. The number of pyridine rings is 1. The monoisotopic (exact) mass is 278 g/mol. The van der Waals surface area contributed by atoms with E-state index in [1.165, 1.54) is 0 Å². The lowest BCUT2D eigenvalue weighted by Gasteiger charge is -2.09. The van der Waals surface area contributed by atoms with Crippen LogP contribution in [0.3, 0.4) is 0 Å². The van der Waals surface area contributed by atoms with Gasteiger partial charge in [-0.1, -0.05) is 43.0 Å². The summed E-state index contributed by atoms with van der Waals surface area (Å²) in [6.07, 6.45) is 3.44. The Morgan fingerprint density at radius 1 is 1.29 bits per heavy atom. The van der Waals surface area contributed by atoms with Gasteiger partial charge >= 0.3 is 0 Å². The predicted molar refractivity (Wildman–Crippen MR) is 87.5 cm³/mol. The summed E-state index contributed by atoms with van der Waals surface area (Å²) in [5, 5.41) is 0. The third kappa shape index (κ3) is 4.14. The van der Waals surface area contributed by atoms with Crippen molar-refractivity contribution in [3.05, 3.63) is 78.1 Å². The molecule has 3 nitrogen and oxygen atoms in total. The molecule has 3 heteroatoms. The maximum atomic E-state index is 5.83. The molecule has 0 amide bonds. The van der Waals surface area contributed by atoms with Crippen LogP contribution in [0.5, 0.6) is 5.75 Å². The fourth-order valence-corrected chi connectivity index (χ4v) is 1.92. The van der Waals surface area contributed by atoms with Crippen molar-refractivity contribution in [2.24, 2.45) is 4.99 Å². The molecule has 2 rings (SSSR count). The Balaban J connectivity index is 2.21. The highest BCUT2D eigenvalue weighted by Crippen LogP contribution is 2.21. The Kier molecular flexibility index (Phi) is 5.04. The van der Waals surface area contributed by atoms with Crippen molar-refractivity contribution in [1.29, 1.82) is 0 Å². The first-order valence-electron chi connectivity index (χ1n) is 6.68. The standard InChI is InChI=1S/C18H18N2O/c1-4-8-17(19-3)18-12-16(11-14(2)20-18)21-13-15-9-6-5-7-10-15/h4-12H,1,3,13H2,2H3. The fraction of sp³-hybridized carbons (Fsp3) is 0.111. The number of hydrogen-bond acceptors (Lipinski definition) is 3. The number of allylic oxidation sites excluding steroid dienone is 2. The normalized spacial score (nSPS) is 11.0. The summed E-state index contributed by atoms with van der Waals surface area (Å²) in [4.78, 5) is 8.42. The Bertz CT molecular complexity index is 660. The maximum Gasteiger partial charge on any atom is 0.123 e. The first kappa shape index (κ1) is 14.7. The molecule has 0 fully saturated rings. The van der Waals surface area contributed by atoms with Crippen LogP contribution in [0.25, 0.3) is 5.70 Å². The molecule has 1 aromatic carbocycles. The van der Waals surface area contributed by atoms with Crippen LogP contribution >= 0.6 is 0 Å². The van der Waals surface area contributed by atoms with Crippen molar-refractivity contribution in [3.63, 3.8) is 0 Å². The lowest BCUT2D eigenvalue weighted by Crippen LogP contribution is -1.98. The van der Waals surface area contributed by atoms with E-state index >= 15 is 0 Å². The summed E-state index contributed by atoms with van der Waals surface area (Å²) in [6, 6.07) is 13.8. The summed E-state index contributed by atoms with van der Waals surface area (Å²) in [5.74, 6) is 0.764. The van der Waals surface area contributed by atoms with E-state index in [2.05, 4.69) is 23.3 Å². The Labute approximate surface area is 125 Å². The molecule has 0 saturated heterocycles. The summed E-state index contributed by atoms with van der Waals surface area (Å²) in [7, 11) is 0. The Morgan fingerprint density at radius 2 is 2.05 bits per heavy atom. The van der Waals surface area contributed by atoms with Crippen LogP contribution in [-0.2, 0) is 6.61 Å². The van der Waals surface area contributed by atoms with Gasteiger partial charge in [-0.3, -0.25) is 9.98 Å². The minimum atomic E-state index is 0.520. The molecule has 0 N–H and O–H groups in total. The fourth-order valence-electron chi connectivity index (χ4n) is 1.92. The molecule has 0 aliphatic carbocycles. The van der Waals surface area contributed by atoms with Crippen LogP contribution < -0.4 is 4.74 Å². The van der Waals surface area contributed by atoms with Gasteiger partial charge in [0.15, 0.2) is 0 Å². The van der Waals surface area contributed by atoms with Crippen LogP contribution in [-0.4, -0.2) is 11.7 Å². The van der Waals surface area contributed by atoms with E-state index in [-0.39, 0.29) is 0 Å². The van der Waals surface area contributed by atoms with Gasteiger partial charge in [0.1, 0.15) is 12.4 Å². The van der Waals surface area contributed by atoms with Crippen LogP contribution in [0.4, 0.5) is 0 Å². The van der Waals surface area contributed by atoms with Crippen LogP contribution in [0.2, 0.25) is 0 Å². The smallest absolute Gasteiger partial charge is 0.123 e. The molecule has 0 spiro atoms. The number of benzene rings is 1. The highest BCUT2D eigenvalue weighted by Gasteiger charge is 2.05. The second-order valence-electron chi connectivity index (χ2n) is 4.55. The lowest BCUT2D eigenvalue weighted by atomic mass is 10.2. The van der Waals surface area contributed by atoms with Gasteiger partial charge in [0, 0.05) is 17.8 Å². The summed E-state index contributed by atoms with van der Waals surface area (Å²) < 4.78 is 5.83. The van der Waals surface area contributed by atoms with E-state index in [4.69, 9.17) is 4.74 Å². The first-order valence-corrected chi connectivity index (χ1v) is 6.68. The van der Waals surface area contributed by atoms with Gasteiger partial charge in [-0.25, -0.2) is 0 Å². The Hall–Kier alpha value is -2.68. The van der Waals surface area contributed by atoms with Gasteiger partial charge in [0.25, 0.3) is 0 Å². The molecule has 21 heavy (non-hydrogen) atoms. The van der Waals surface area contributed by atoms with Crippen LogP contribution in [0.15, 0.2) is 66.2 Å². The number of rotatable bonds is 6. The molecule has 0 radical (unpaired) electrons. The molecule has 1 aromatic heterocycles. The van der Waals surface area contributed by atoms with Crippen molar-refractivity contribution in [3.8, 4) is 5.75 Å². The summed E-state index contributed by atoms with van der Waals surface area (Å²) in [6.45, 7) is 9.68. The number of hydrogen-bond donors (Lipinski definition) is 0. The zero-order valence-electron chi connectivity index (χ0n) is 12.1. The topological polar surface area (TPSA) is 34.5 Å². The quantitative estimate of drug-likeness (QED) is 0.586. The summed E-state index contributed by atoms with van der Waals surface area (Å²) in [5.41, 5.74) is 3.40. The molecular weight excluding hydrogens is 260 g/mol. The molecule has 0 saturated carbocycles. The van der Waals surface area contributed by atoms with Crippen molar-refractivity contribution in [1.82, 2.24) is 4.98 Å². The number of aromatic nitrogens is 1. The van der Waals surface area contributed by atoms with Gasteiger partial charge in [-0.05, 0) is 25.3 Å². The third-order valence-corrected chi connectivity index (χ3v) is 2.88. The minimum absolute atomic E-state index is 0.520. The number of ether oxygens (including phenoxy) is 1. The number of nitrogens with zero attached hydrogens (tertiary/aromatic N) is 2. The van der Waals surface area contributed by atoms with Gasteiger partial charge in [-0.15, -0.1) is 0 Å². The molecule has 0 aliphatic heterocycles. The molecule has 2 aromatic rings. The van der Waals surface area contributed by atoms with E-state index < -0.39 is 0 Å². The SMILES string of the molecule is C=CC=C(N=C)c1cc(OCc2ccccc2)cc(C)n1. The Morgan fingerprint density at radius 3 is 2.71 bits per heavy atom. The second kappa shape index (κ2) is 7.20. The van der Waals surface area contributed by atoms with Crippen LogP contribution in [0, 0.1) is 6.92 Å². The molecule has 1 heterocycles. The van der Waals surface area contributed by atoms with E-state index in [0.717, 1.165) is 22.7 Å². The zero-order valence-corrected chi connectivity index (χ0v) is 12.1. The van der Waals surface area contributed by atoms with Gasteiger partial charge in [-0.2, -0.15) is 0 Å². The average Bonchev–Trinajstić information content (AvgIpc) is 2.51. The zero-order chi connectivity index (χ0) is 15.1. The van der Waals surface area contributed by atoms with E-state index in [9.17, 15) is 0 Å². The predicted octanol–water partition coefficient (Wildman–Crippen LogP) is 4.20. The highest BCUT2D eigenvalue weighted by molar-refractivity contribution is 5.67. The molecule has 0 atom stereocenters. The van der Waals surface area contributed by atoms with Gasteiger partial charge in [0.2, 0.25) is 0 Å². The van der Waals surface area contributed by atoms with Crippen molar-refractivity contribution in [2.45, 2.75) is 13.5 Å². The third-order valence-electron chi connectivity index (χ3n) is 2.88. The average molecular weight is 278 g/mol. The van der Waals surface area contributed by atoms with Crippen molar-refractivity contribution >= 4 is 12.4 Å². The van der Waals surface area contributed by atoms with Crippen molar-refractivity contribution < 1.29 is 4.74 Å². The van der Waals surface area contributed by atoms with Gasteiger partial charge in [0.05, 0.1) is 11.4 Å². The first-order chi connectivity index (χ1) is 10.2. The number of aryl methyl sites for hydroxylation is 1. The second-order valence-corrected chi connectivity index (χ2v) is 4.55. The van der Waals surface area contributed by atoms with Crippen molar-refractivity contribution in [2.75, 3.05) is 0 Å². The largest absolute Gasteiger partial charge is 0.489 e. The van der Waals surface area contributed by atoms with Crippen LogP contribution in [0.1, 0.15) is 17.0 Å². The van der Waals surface area contributed by atoms with Gasteiger partial charge < -0.3 is 4.74 Å².